The zero-order valence-electron chi connectivity index (χ0n) is 15.6. The van der Waals surface area contributed by atoms with Gasteiger partial charge in [-0.05, 0) is 30.7 Å². The summed E-state index contributed by atoms with van der Waals surface area (Å²) in [4.78, 5) is 25.3. The van der Waals surface area contributed by atoms with Gasteiger partial charge in [-0.15, -0.1) is 0 Å². The molecule has 0 saturated carbocycles. The normalized spacial score (nSPS) is 12.2. The van der Waals surface area contributed by atoms with E-state index in [1.54, 1.807) is 24.8 Å². The second-order valence-electron chi connectivity index (χ2n) is 6.59. The molecule has 0 aliphatic heterocycles. The number of H-pyrrole nitrogens is 1. The lowest BCUT2D eigenvalue weighted by Crippen LogP contribution is -2.31. The Hall–Kier alpha value is -3.61. The largest absolute Gasteiger partial charge is 0.497 e. The third-order valence-electron chi connectivity index (χ3n) is 4.89. The molecular formula is C21H20N4O3. The third kappa shape index (κ3) is 3.00. The Bertz CT molecular complexity index is 1230. The molecule has 2 heterocycles. The van der Waals surface area contributed by atoms with Crippen molar-refractivity contribution in [2.45, 2.75) is 19.5 Å². The predicted octanol–water partition coefficient (Wildman–Crippen LogP) is 2.76. The molecule has 0 spiro atoms. The van der Waals surface area contributed by atoms with Crippen LogP contribution < -0.4 is 15.6 Å². The van der Waals surface area contributed by atoms with Gasteiger partial charge in [0.05, 0.1) is 18.8 Å². The minimum atomic E-state index is -0.573. The van der Waals surface area contributed by atoms with Crippen LogP contribution in [0.5, 0.6) is 5.75 Å². The van der Waals surface area contributed by atoms with Crippen molar-refractivity contribution in [2.75, 3.05) is 7.11 Å². The van der Waals surface area contributed by atoms with Crippen LogP contribution in [0.15, 0.2) is 59.5 Å². The molecule has 0 radical (unpaired) electrons. The van der Waals surface area contributed by atoms with E-state index < -0.39 is 6.04 Å². The van der Waals surface area contributed by atoms with Crippen molar-refractivity contribution >= 4 is 27.7 Å². The number of hydrogen-bond donors (Lipinski definition) is 2. The minimum Gasteiger partial charge on any atom is -0.497 e. The van der Waals surface area contributed by atoms with E-state index in [0.717, 1.165) is 27.6 Å². The molecule has 0 bridgehead atoms. The summed E-state index contributed by atoms with van der Waals surface area (Å²) < 4.78 is 6.99. The Balaban J connectivity index is 1.68. The molecule has 4 aromatic rings. The molecule has 7 heteroatoms. The maximum absolute atomic E-state index is 12.9. The van der Waals surface area contributed by atoms with Crippen LogP contribution >= 0.6 is 0 Å². The number of carbonyl (C=O) groups is 1. The summed E-state index contributed by atoms with van der Waals surface area (Å²) in [6.07, 6.45) is 1.62. The number of aromatic amines is 1. The smallest absolute Gasteiger partial charge is 0.288 e. The van der Waals surface area contributed by atoms with Crippen molar-refractivity contribution in [1.82, 2.24) is 20.1 Å². The van der Waals surface area contributed by atoms with Crippen LogP contribution in [-0.4, -0.2) is 27.8 Å². The Morgan fingerprint density at radius 1 is 1.21 bits per heavy atom. The molecule has 7 nitrogen and oxygen atoms in total. The zero-order valence-corrected chi connectivity index (χ0v) is 15.6. The first-order valence-corrected chi connectivity index (χ1v) is 8.97. The van der Waals surface area contributed by atoms with E-state index in [1.807, 2.05) is 48.5 Å². The molecule has 1 amide bonds. The zero-order chi connectivity index (χ0) is 19.7. The lowest BCUT2D eigenvalue weighted by Gasteiger charge is -2.16. The molecule has 0 aliphatic rings. The quantitative estimate of drug-likeness (QED) is 0.561. The predicted molar refractivity (Wildman–Crippen MR) is 107 cm³/mol. The van der Waals surface area contributed by atoms with E-state index >= 15 is 0 Å². The van der Waals surface area contributed by atoms with Gasteiger partial charge in [-0.2, -0.15) is 5.10 Å². The monoisotopic (exact) mass is 376 g/mol. The Morgan fingerprint density at radius 2 is 2.04 bits per heavy atom. The number of methoxy groups -OCH3 is 1. The summed E-state index contributed by atoms with van der Waals surface area (Å²) in [5.41, 5.74) is 1.88. The number of amides is 1. The molecule has 2 aromatic carbocycles. The fourth-order valence-corrected chi connectivity index (χ4v) is 3.50. The number of carbonyl (C=O) groups excluding carboxylic acids is 1. The number of hydrogen-bond acceptors (Lipinski definition) is 4. The van der Waals surface area contributed by atoms with Crippen LogP contribution in [0, 0.1) is 0 Å². The fourth-order valence-electron chi connectivity index (χ4n) is 3.50. The van der Waals surface area contributed by atoms with Crippen LogP contribution in [0.3, 0.4) is 0 Å². The highest BCUT2D eigenvalue weighted by Gasteiger charge is 2.22. The molecule has 28 heavy (non-hydrogen) atoms. The number of ether oxygens (including phenoxy) is 1. The Morgan fingerprint density at radius 3 is 2.86 bits per heavy atom. The summed E-state index contributed by atoms with van der Waals surface area (Å²) in [5.74, 6) is 0.558. The summed E-state index contributed by atoms with van der Waals surface area (Å²) in [6, 6.07) is 14.6. The van der Waals surface area contributed by atoms with Crippen LogP contribution in [0.25, 0.3) is 21.8 Å². The first-order chi connectivity index (χ1) is 13.6. The highest BCUT2D eigenvalue weighted by Crippen LogP contribution is 2.29. The van der Waals surface area contributed by atoms with E-state index in [-0.39, 0.29) is 11.5 Å². The topological polar surface area (TPSA) is 89.0 Å². The summed E-state index contributed by atoms with van der Waals surface area (Å²) in [5, 5.41) is 10.9. The maximum atomic E-state index is 12.9. The highest BCUT2D eigenvalue weighted by atomic mass is 16.5. The number of nitrogens with one attached hydrogen (secondary N) is 2. The van der Waals surface area contributed by atoms with Gasteiger partial charge in [0.2, 0.25) is 5.91 Å². The standard InChI is InChI=1S/C21H20N4O3/c1-13(20(26)22-11-14-6-5-7-15(10-14)28-2)25-18-9-4-3-8-16(18)17-12-23-24-21(27)19(17)25/h3-10,12-13H,11H2,1-2H3,(H,22,26)(H,24,27)/t13-/m1/s1. The Kier molecular flexibility index (Phi) is 4.57. The molecule has 4 rings (SSSR count). The van der Waals surface area contributed by atoms with Crippen molar-refractivity contribution in [1.29, 1.82) is 0 Å². The van der Waals surface area contributed by atoms with E-state index in [9.17, 15) is 9.59 Å². The van der Waals surface area contributed by atoms with Crippen molar-refractivity contribution < 1.29 is 9.53 Å². The summed E-state index contributed by atoms with van der Waals surface area (Å²) in [6.45, 7) is 2.15. The van der Waals surface area contributed by atoms with Crippen LogP contribution in [-0.2, 0) is 11.3 Å². The maximum Gasteiger partial charge on any atom is 0.288 e. The van der Waals surface area contributed by atoms with Crippen LogP contribution in [0.2, 0.25) is 0 Å². The molecule has 2 aromatic heterocycles. The van der Waals surface area contributed by atoms with Gasteiger partial charge in [-0.25, -0.2) is 5.10 Å². The van der Waals surface area contributed by atoms with Gasteiger partial charge in [0.15, 0.2) is 0 Å². The van der Waals surface area contributed by atoms with Gasteiger partial charge < -0.3 is 14.6 Å². The van der Waals surface area contributed by atoms with Gasteiger partial charge in [-0.1, -0.05) is 30.3 Å². The first-order valence-electron chi connectivity index (χ1n) is 8.97. The number of fused-ring (bicyclic) bond motifs is 3. The lowest BCUT2D eigenvalue weighted by molar-refractivity contribution is -0.123. The van der Waals surface area contributed by atoms with Gasteiger partial charge in [-0.3, -0.25) is 9.59 Å². The Labute approximate surface area is 160 Å². The third-order valence-corrected chi connectivity index (χ3v) is 4.89. The lowest BCUT2D eigenvalue weighted by atomic mass is 10.2. The molecule has 0 saturated heterocycles. The van der Waals surface area contributed by atoms with Crippen molar-refractivity contribution in [2.24, 2.45) is 0 Å². The molecule has 1 atom stereocenters. The number of benzene rings is 2. The highest BCUT2D eigenvalue weighted by molar-refractivity contribution is 6.08. The van der Waals surface area contributed by atoms with Crippen LogP contribution in [0.1, 0.15) is 18.5 Å². The van der Waals surface area contributed by atoms with E-state index in [0.29, 0.717) is 12.1 Å². The van der Waals surface area contributed by atoms with E-state index in [2.05, 4.69) is 15.5 Å². The number of para-hydroxylation sites is 1. The molecule has 0 fully saturated rings. The second-order valence-corrected chi connectivity index (χ2v) is 6.59. The molecule has 2 N–H and O–H groups in total. The molecule has 0 unspecified atom stereocenters. The minimum absolute atomic E-state index is 0.179. The van der Waals surface area contributed by atoms with Gasteiger partial charge >= 0.3 is 0 Å². The summed E-state index contributed by atoms with van der Waals surface area (Å²) >= 11 is 0. The molecule has 142 valence electrons. The van der Waals surface area contributed by atoms with E-state index in [1.165, 1.54) is 0 Å². The molecule has 0 aliphatic carbocycles. The van der Waals surface area contributed by atoms with E-state index in [4.69, 9.17) is 4.74 Å². The average Bonchev–Trinajstić information content (AvgIpc) is 3.07. The SMILES string of the molecule is COc1cccc(CNC(=O)[C@@H](C)n2c3ccccc3c3cn[nH]c(=O)c32)c1. The first kappa shape index (κ1) is 17.8. The van der Waals surface area contributed by atoms with Gasteiger partial charge in [0.1, 0.15) is 17.3 Å². The second kappa shape index (κ2) is 7.19. The number of nitrogens with zero attached hydrogens (tertiary/aromatic N) is 2. The van der Waals surface area contributed by atoms with Crippen LogP contribution in [0.4, 0.5) is 0 Å². The average molecular weight is 376 g/mol. The van der Waals surface area contributed by atoms with Crippen molar-refractivity contribution in [3.63, 3.8) is 0 Å². The van der Waals surface area contributed by atoms with Crippen molar-refractivity contribution in [3.8, 4) is 5.75 Å². The van der Waals surface area contributed by atoms with Crippen molar-refractivity contribution in [3.05, 3.63) is 70.6 Å². The van der Waals surface area contributed by atoms with Gasteiger partial charge in [0, 0.05) is 17.3 Å². The molecular weight excluding hydrogens is 356 g/mol. The van der Waals surface area contributed by atoms with Gasteiger partial charge in [0.25, 0.3) is 5.56 Å². The number of aromatic nitrogens is 3. The fraction of sp³-hybridized carbons (Fsp3) is 0.190. The number of rotatable bonds is 5. The summed E-state index contributed by atoms with van der Waals surface area (Å²) in [7, 11) is 1.61.